The first-order valence-corrected chi connectivity index (χ1v) is 8.13. The molecule has 2 aromatic carbocycles. The topological polar surface area (TPSA) is 49.4 Å². The van der Waals surface area contributed by atoms with E-state index in [1.807, 2.05) is 62.4 Å². The zero-order valence-electron chi connectivity index (χ0n) is 14.5. The molecule has 4 nitrogen and oxygen atoms in total. The third kappa shape index (κ3) is 5.23. The Morgan fingerprint density at radius 3 is 2.33 bits per heavy atom. The van der Waals surface area contributed by atoms with Crippen LogP contribution in [0.2, 0.25) is 0 Å². The average Bonchev–Trinajstić information content (AvgIpc) is 2.52. The summed E-state index contributed by atoms with van der Waals surface area (Å²) in [6, 6.07) is 15.7. The zero-order chi connectivity index (χ0) is 17.5. The number of nitrogens with one attached hydrogen (secondary N) is 1. The van der Waals surface area contributed by atoms with Gasteiger partial charge in [-0.2, -0.15) is 0 Å². The summed E-state index contributed by atoms with van der Waals surface area (Å²) in [4.78, 5) is 25.6. The molecular formula is C20H24N2O2. The first-order chi connectivity index (χ1) is 11.5. The molecule has 0 aliphatic rings. The summed E-state index contributed by atoms with van der Waals surface area (Å²) in [5.74, 6) is -0.0696. The molecule has 2 aromatic rings. The van der Waals surface area contributed by atoms with Gasteiger partial charge in [0.25, 0.3) is 0 Å². The Labute approximate surface area is 143 Å². The smallest absolute Gasteiger partial charge is 0.224 e. The summed E-state index contributed by atoms with van der Waals surface area (Å²) in [5, 5.41) is 2.88. The van der Waals surface area contributed by atoms with Gasteiger partial charge >= 0.3 is 0 Å². The first kappa shape index (κ1) is 17.7. The van der Waals surface area contributed by atoms with E-state index in [0.29, 0.717) is 19.5 Å². The lowest BCUT2D eigenvalue weighted by molar-refractivity contribution is -0.121. The maximum Gasteiger partial charge on any atom is 0.224 e. The number of anilines is 1. The van der Waals surface area contributed by atoms with Crippen molar-refractivity contribution in [2.75, 3.05) is 18.0 Å². The number of amides is 2. The zero-order valence-corrected chi connectivity index (χ0v) is 14.5. The van der Waals surface area contributed by atoms with Gasteiger partial charge in [-0.25, -0.2) is 0 Å². The number of carbonyl (C=O) groups excluding carboxylic acids is 2. The van der Waals surface area contributed by atoms with Crippen LogP contribution in [0.15, 0.2) is 48.5 Å². The highest BCUT2D eigenvalue weighted by molar-refractivity contribution is 5.91. The Kier molecular flexibility index (Phi) is 6.13. The normalized spacial score (nSPS) is 10.3. The largest absolute Gasteiger partial charge is 0.354 e. The fourth-order valence-electron chi connectivity index (χ4n) is 2.57. The minimum atomic E-state index is -0.0354. The lowest BCUT2D eigenvalue weighted by atomic mass is 10.1. The van der Waals surface area contributed by atoms with Gasteiger partial charge in [0.15, 0.2) is 0 Å². The second kappa shape index (κ2) is 8.29. The molecule has 0 aliphatic carbocycles. The molecule has 0 fully saturated rings. The van der Waals surface area contributed by atoms with Crippen LogP contribution in [-0.2, 0) is 16.0 Å². The molecule has 0 bridgehead atoms. The number of hydrogen-bond donors (Lipinski definition) is 1. The standard InChI is InChI=1S/C20H24N2O2/c1-15-7-9-19(10-8-15)22(17(3)23)12-11-21-20(24)14-18-6-4-5-16(2)13-18/h4-10,13H,11-12,14H2,1-3H3,(H,21,24). The molecule has 0 aliphatic heterocycles. The molecule has 24 heavy (non-hydrogen) atoms. The quantitative estimate of drug-likeness (QED) is 0.888. The van der Waals surface area contributed by atoms with Gasteiger partial charge < -0.3 is 10.2 Å². The number of aryl methyl sites for hydroxylation is 2. The number of nitrogens with zero attached hydrogens (tertiary/aromatic N) is 1. The van der Waals surface area contributed by atoms with E-state index in [4.69, 9.17) is 0 Å². The molecule has 0 unspecified atom stereocenters. The van der Waals surface area contributed by atoms with E-state index >= 15 is 0 Å². The van der Waals surface area contributed by atoms with Crippen molar-refractivity contribution in [3.8, 4) is 0 Å². The van der Waals surface area contributed by atoms with Gasteiger partial charge in [0.05, 0.1) is 6.42 Å². The molecule has 2 rings (SSSR count). The fraction of sp³-hybridized carbons (Fsp3) is 0.300. The Bertz CT molecular complexity index is 708. The van der Waals surface area contributed by atoms with Gasteiger partial charge in [0.1, 0.15) is 0 Å². The lowest BCUT2D eigenvalue weighted by Crippen LogP contribution is -2.38. The minimum Gasteiger partial charge on any atom is -0.354 e. The van der Waals surface area contributed by atoms with Crippen LogP contribution in [0, 0.1) is 13.8 Å². The Balaban J connectivity index is 1.87. The van der Waals surface area contributed by atoms with Gasteiger partial charge in [-0.1, -0.05) is 47.5 Å². The van der Waals surface area contributed by atoms with Gasteiger partial charge in [-0.15, -0.1) is 0 Å². The van der Waals surface area contributed by atoms with Crippen LogP contribution >= 0.6 is 0 Å². The van der Waals surface area contributed by atoms with Crippen LogP contribution in [0.25, 0.3) is 0 Å². The second-order valence-electron chi connectivity index (χ2n) is 6.02. The lowest BCUT2D eigenvalue weighted by Gasteiger charge is -2.21. The molecule has 0 radical (unpaired) electrons. The van der Waals surface area contributed by atoms with Crippen molar-refractivity contribution in [3.63, 3.8) is 0 Å². The number of rotatable bonds is 6. The average molecular weight is 324 g/mol. The van der Waals surface area contributed by atoms with Gasteiger partial charge in [-0.3, -0.25) is 9.59 Å². The van der Waals surface area contributed by atoms with E-state index in [1.54, 1.807) is 4.90 Å². The summed E-state index contributed by atoms with van der Waals surface area (Å²) in [5.41, 5.74) is 4.13. The van der Waals surface area contributed by atoms with Crippen molar-refractivity contribution in [1.29, 1.82) is 0 Å². The van der Waals surface area contributed by atoms with Crippen molar-refractivity contribution in [3.05, 3.63) is 65.2 Å². The summed E-state index contributed by atoms with van der Waals surface area (Å²) in [7, 11) is 0. The van der Waals surface area contributed by atoms with Crippen molar-refractivity contribution in [2.45, 2.75) is 27.2 Å². The van der Waals surface area contributed by atoms with E-state index in [9.17, 15) is 9.59 Å². The highest BCUT2D eigenvalue weighted by Crippen LogP contribution is 2.14. The summed E-state index contributed by atoms with van der Waals surface area (Å²) in [6.45, 7) is 6.44. The summed E-state index contributed by atoms with van der Waals surface area (Å²) in [6.07, 6.45) is 0.353. The SMILES string of the molecule is CC(=O)N(CCNC(=O)Cc1cccc(C)c1)c1ccc(C)cc1. The molecule has 2 amide bonds. The second-order valence-corrected chi connectivity index (χ2v) is 6.02. The monoisotopic (exact) mass is 324 g/mol. The summed E-state index contributed by atoms with van der Waals surface area (Å²) >= 11 is 0. The predicted molar refractivity (Wildman–Crippen MR) is 97.1 cm³/mol. The predicted octanol–water partition coefficient (Wildman–Crippen LogP) is 3.02. The van der Waals surface area contributed by atoms with Gasteiger partial charge in [-0.05, 0) is 31.5 Å². The van der Waals surface area contributed by atoms with Crippen LogP contribution < -0.4 is 10.2 Å². The third-order valence-corrected chi connectivity index (χ3v) is 3.83. The Morgan fingerprint density at radius 1 is 1.00 bits per heavy atom. The number of carbonyl (C=O) groups is 2. The van der Waals surface area contributed by atoms with E-state index in [1.165, 1.54) is 6.92 Å². The number of benzene rings is 2. The van der Waals surface area contributed by atoms with Crippen LogP contribution in [0.5, 0.6) is 0 Å². The van der Waals surface area contributed by atoms with E-state index < -0.39 is 0 Å². The van der Waals surface area contributed by atoms with Crippen molar-refractivity contribution < 1.29 is 9.59 Å². The number of hydrogen-bond acceptors (Lipinski definition) is 2. The van der Waals surface area contributed by atoms with Crippen molar-refractivity contribution in [2.24, 2.45) is 0 Å². The van der Waals surface area contributed by atoms with Gasteiger partial charge in [0, 0.05) is 25.7 Å². The molecule has 0 spiro atoms. The molecular weight excluding hydrogens is 300 g/mol. The molecule has 0 saturated carbocycles. The highest BCUT2D eigenvalue weighted by atomic mass is 16.2. The molecule has 126 valence electrons. The van der Waals surface area contributed by atoms with E-state index in [-0.39, 0.29) is 11.8 Å². The molecule has 0 heterocycles. The van der Waals surface area contributed by atoms with E-state index in [2.05, 4.69) is 5.32 Å². The third-order valence-electron chi connectivity index (χ3n) is 3.83. The fourth-order valence-corrected chi connectivity index (χ4v) is 2.57. The molecule has 4 heteroatoms. The maximum absolute atomic E-state index is 12.0. The van der Waals surface area contributed by atoms with Crippen molar-refractivity contribution in [1.82, 2.24) is 5.32 Å². The molecule has 0 aromatic heterocycles. The first-order valence-electron chi connectivity index (χ1n) is 8.13. The molecule has 1 N–H and O–H groups in total. The Morgan fingerprint density at radius 2 is 1.71 bits per heavy atom. The van der Waals surface area contributed by atoms with Crippen LogP contribution in [0.4, 0.5) is 5.69 Å². The van der Waals surface area contributed by atoms with Gasteiger partial charge in [0.2, 0.25) is 11.8 Å². The van der Waals surface area contributed by atoms with E-state index in [0.717, 1.165) is 22.4 Å². The minimum absolute atomic E-state index is 0.0343. The summed E-state index contributed by atoms with van der Waals surface area (Å²) < 4.78 is 0. The van der Waals surface area contributed by atoms with Crippen LogP contribution in [0.3, 0.4) is 0 Å². The van der Waals surface area contributed by atoms with Crippen molar-refractivity contribution >= 4 is 17.5 Å². The molecule has 0 atom stereocenters. The molecule has 0 saturated heterocycles. The maximum atomic E-state index is 12.0. The Hall–Kier alpha value is -2.62. The highest BCUT2D eigenvalue weighted by Gasteiger charge is 2.11. The van der Waals surface area contributed by atoms with Crippen LogP contribution in [0.1, 0.15) is 23.6 Å². The van der Waals surface area contributed by atoms with Crippen LogP contribution in [-0.4, -0.2) is 24.9 Å².